The van der Waals surface area contributed by atoms with Crippen LogP contribution in [0.2, 0.25) is 0 Å². The van der Waals surface area contributed by atoms with Gasteiger partial charge < -0.3 is 29.6 Å². The van der Waals surface area contributed by atoms with Gasteiger partial charge in [0.15, 0.2) is 6.23 Å². The Morgan fingerprint density at radius 1 is 1.28 bits per heavy atom. The Labute approximate surface area is 144 Å². The van der Waals surface area contributed by atoms with Gasteiger partial charge in [-0.1, -0.05) is 12.2 Å². The Hall–Kier alpha value is -0.760. The van der Waals surface area contributed by atoms with E-state index >= 15 is 0 Å². The second-order valence-electron chi connectivity index (χ2n) is 4.90. The quantitative estimate of drug-likeness (QED) is 0.236. The average molecular weight is 420 g/mol. The smallest absolute Gasteiger partial charge is 0.387 e. The maximum Gasteiger partial charge on any atom is 0.481 e. The lowest BCUT2D eigenvalue weighted by molar-refractivity contribution is -0.0542. The monoisotopic (exact) mass is 420 g/mol. The molecule has 0 aliphatic carbocycles. The number of ether oxygens (including phenoxy) is 1. The summed E-state index contributed by atoms with van der Waals surface area (Å²) >= 11 is 4.76. The highest BCUT2D eigenvalue weighted by Gasteiger charge is 2.45. The van der Waals surface area contributed by atoms with E-state index in [1.165, 1.54) is 12.3 Å². The molecule has 2 rings (SSSR count). The van der Waals surface area contributed by atoms with Gasteiger partial charge in [0.2, 0.25) is 0 Å². The third kappa shape index (κ3) is 5.36. The first-order valence-electron chi connectivity index (χ1n) is 6.47. The normalized spacial score (nSPS) is 29.5. The van der Waals surface area contributed by atoms with Crippen LogP contribution in [0.4, 0.5) is 0 Å². The third-order valence-corrected chi connectivity index (χ3v) is 5.46. The fraction of sp³-hybridized carbons (Fsp3) is 0.556. The summed E-state index contributed by atoms with van der Waals surface area (Å²) in [6, 6.07) is 1.33. The van der Waals surface area contributed by atoms with Crippen molar-refractivity contribution in [2.75, 3.05) is 6.61 Å². The van der Waals surface area contributed by atoms with Crippen LogP contribution in [0, 0.1) is 4.64 Å². The van der Waals surface area contributed by atoms with Crippen LogP contribution in [0.3, 0.4) is 0 Å². The lowest BCUT2D eigenvalue weighted by atomic mass is 10.1. The zero-order valence-corrected chi connectivity index (χ0v) is 14.7. The molecule has 0 bridgehead atoms. The molecule has 1 aliphatic heterocycles. The van der Waals surface area contributed by atoms with Crippen molar-refractivity contribution in [3.8, 4) is 0 Å². The number of nitrogens with zero attached hydrogens (tertiary/aromatic N) is 1. The first kappa shape index (κ1) is 20.6. The van der Waals surface area contributed by atoms with E-state index in [4.69, 9.17) is 31.6 Å². The van der Waals surface area contributed by atoms with Gasteiger partial charge in [-0.25, -0.2) is 13.9 Å². The number of nitrogens with one attached hydrogen (secondary N) is 1. The van der Waals surface area contributed by atoms with Crippen LogP contribution < -0.4 is 5.69 Å². The molecule has 0 amide bonds. The predicted molar refractivity (Wildman–Crippen MR) is 80.7 cm³/mol. The molecule has 1 aliphatic rings. The summed E-state index contributed by atoms with van der Waals surface area (Å²) in [6.07, 6.45) is -4.77. The lowest BCUT2D eigenvalue weighted by Gasteiger charge is -2.17. The van der Waals surface area contributed by atoms with Crippen molar-refractivity contribution >= 4 is 27.9 Å². The van der Waals surface area contributed by atoms with Crippen LogP contribution in [-0.2, 0) is 22.7 Å². The predicted octanol–water partition coefficient (Wildman–Crippen LogP) is -1.25. The van der Waals surface area contributed by atoms with Crippen LogP contribution in [0.25, 0.3) is 0 Å². The van der Waals surface area contributed by atoms with Gasteiger partial charge in [0.1, 0.15) is 23.0 Å². The number of aromatic amines is 1. The summed E-state index contributed by atoms with van der Waals surface area (Å²) in [5.74, 6) is 0. The van der Waals surface area contributed by atoms with Gasteiger partial charge in [-0.2, -0.15) is 4.31 Å². The molecular formula is C9H14N2O11P2S. The van der Waals surface area contributed by atoms with Crippen molar-refractivity contribution in [3.05, 3.63) is 27.4 Å². The number of phosphoric ester groups is 1. The van der Waals surface area contributed by atoms with Crippen LogP contribution in [-0.4, -0.2) is 59.4 Å². The van der Waals surface area contributed by atoms with E-state index in [0.29, 0.717) is 0 Å². The van der Waals surface area contributed by atoms with Crippen molar-refractivity contribution < 1.29 is 47.6 Å². The van der Waals surface area contributed by atoms with Crippen LogP contribution in [0.1, 0.15) is 6.23 Å². The van der Waals surface area contributed by atoms with Gasteiger partial charge in [-0.3, -0.25) is 14.1 Å². The number of rotatable bonds is 6. The molecule has 1 aromatic heterocycles. The summed E-state index contributed by atoms with van der Waals surface area (Å²) in [5.41, 5.74) is -0.733. The Bertz CT molecular complexity index is 833. The van der Waals surface area contributed by atoms with E-state index in [2.05, 4.69) is 13.8 Å². The molecule has 16 heteroatoms. The molecule has 6 N–H and O–H groups in total. The van der Waals surface area contributed by atoms with E-state index in [9.17, 15) is 24.1 Å². The first-order chi connectivity index (χ1) is 11.4. The highest BCUT2D eigenvalue weighted by molar-refractivity contribution is 7.71. The molecule has 25 heavy (non-hydrogen) atoms. The van der Waals surface area contributed by atoms with Crippen molar-refractivity contribution in [1.82, 2.24) is 9.55 Å². The zero-order valence-electron chi connectivity index (χ0n) is 12.1. The highest BCUT2D eigenvalue weighted by atomic mass is 32.1. The maximum absolute atomic E-state index is 11.8. The Morgan fingerprint density at radius 2 is 1.92 bits per heavy atom. The Kier molecular flexibility index (Phi) is 6.14. The Morgan fingerprint density at radius 3 is 2.48 bits per heavy atom. The number of aromatic nitrogens is 2. The van der Waals surface area contributed by atoms with Gasteiger partial charge in [0.25, 0.3) is 0 Å². The fourth-order valence-corrected chi connectivity index (χ4v) is 3.80. The van der Waals surface area contributed by atoms with Crippen molar-refractivity contribution in [1.29, 1.82) is 0 Å². The van der Waals surface area contributed by atoms with Gasteiger partial charge in [0.05, 0.1) is 6.61 Å². The molecule has 13 nitrogen and oxygen atoms in total. The largest absolute Gasteiger partial charge is 0.481 e. The van der Waals surface area contributed by atoms with Crippen LogP contribution in [0.15, 0.2) is 17.1 Å². The van der Waals surface area contributed by atoms with E-state index in [1.54, 1.807) is 0 Å². The highest BCUT2D eigenvalue weighted by Crippen LogP contribution is 2.57. The molecule has 2 heterocycles. The molecule has 142 valence electrons. The van der Waals surface area contributed by atoms with Gasteiger partial charge >= 0.3 is 21.3 Å². The number of hydrogen-bond donors (Lipinski definition) is 6. The molecule has 5 atom stereocenters. The average Bonchev–Trinajstić information content (AvgIpc) is 2.71. The number of hydrogen-bond acceptors (Lipinski definition) is 9. The number of phosphoric acid groups is 2. The molecule has 1 fully saturated rings. The van der Waals surface area contributed by atoms with Crippen molar-refractivity contribution in [2.45, 2.75) is 24.5 Å². The molecule has 1 saturated heterocycles. The van der Waals surface area contributed by atoms with Crippen molar-refractivity contribution in [2.24, 2.45) is 0 Å². The van der Waals surface area contributed by atoms with E-state index in [0.717, 1.165) is 4.57 Å². The first-order valence-corrected chi connectivity index (χ1v) is 9.90. The summed E-state index contributed by atoms with van der Waals surface area (Å²) in [5, 5.41) is 19.9. The van der Waals surface area contributed by atoms with Crippen LogP contribution in [0.5, 0.6) is 0 Å². The minimum atomic E-state index is -5.30. The standard InChI is InChI=1S/C9H14N2O11P2S/c12-6-4(3-20-24(18,19)22-23(15,16)17)21-8(7(6)13)11-2-1-5(25)10-9(11)14/h1-2,4,6-8,12-13H,3H2,(H,18,19)(H,10,14,25)(H2,15,16,17)/t4-,6?,7?,8-/m0/s1. The van der Waals surface area contributed by atoms with E-state index in [1.807, 2.05) is 0 Å². The molecule has 0 radical (unpaired) electrons. The molecule has 0 spiro atoms. The van der Waals surface area contributed by atoms with Gasteiger partial charge in [-0.05, 0) is 6.07 Å². The maximum atomic E-state index is 11.8. The zero-order chi connectivity index (χ0) is 19.0. The summed E-state index contributed by atoms with van der Waals surface area (Å²) in [7, 11) is -10.4. The SMILES string of the molecule is O=c1[nH]c(=S)ccn1[C@H]1O[C@@H](COP(=O)(O)OP(=O)(O)O)C(O)C1O. The van der Waals surface area contributed by atoms with Gasteiger partial charge in [0, 0.05) is 6.20 Å². The molecular weight excluding hydrogens is 406 g/mol. The minimum absolute atomic E-state index is 0.130. The number of H-pyrrole nitrogens is 1. The number of aliphatic hydroxyl groups excluding tert-OH is 2. The second-order valence-corrected chi connectivity index (χ2v) is 8.17. The number of aliphatic hydroxyl groups is 2. The van der Waals surface area contributed by atoms with Crippen LogP contribution >= 0.6 is 27.9 Å². The lowest BCUT2D eigenvalue weighted by Crippen LogP contribution is -2.36. The summed E-state index contributed by atoms with van der Waals surface area (Å²) in [4.78, 5) is 40.2. The molecule has 1 aromatic rings. The summed E-state index contributed by atoms with van der Waals surface area (Å²) < 4.78 is 36.1. The fourth-order valence-electron chi connectivity index (χ4n) is 2.05. The van der Waals surface area contributed by atoms with E-state index in [-0.39, 0.29) is 4.64 Å². The molecule has 3 unspecified atom stereocenters. The van der Waals surface area contributed by atoms with E-state index < -0.39 is 52.5 Å². The second kappa shape index (κ2) is 7.47. The third-order valence-electron chi connectivity index (χ3n) is 3.07. The molecule has 0 saturated carbocycles. The topological polar surface area (TPSA) is 201 Å². The minimum Gasteiger partial charge on any atom is -0.387 e. The van der Waals surface area contributed by atoms with Gasteiger partial charge in [-0.15, -0.1) is 0 Å². The molecule has 0 aromatic carbocycles. The summed E-state index contributed by atoms with van der Waals surface area (Å²) in [6.45, 7) is -0.861. The van der Waals surface area contributed by atoms with Crippen molar-refractivity contribution in [3.63, 3.8) is 0 Å². The Balaban J connectivity index is 2.09.